The van der Waals surface area contributed by atoms with Crippen LogP contribution < -0.4 is 5.32 Å². The van der Waals surface area contributed by atoms with Gasteiger partial charge in [0.2, 0.25) is 0 Å². The molecule has 0 radical (unpaired) electrons. The fraction of sp³-hybridized carbons (Fsp3) is 0.278. The smallest absolute Gasteiger partial charge is 0.387 e. The molecule has 0 spiro atoms. The summed E-state index contributed by atoms with van der Waals surface area (Å²) < 4.78 is 43.9. The van der Waals surface area contributed by atoms with Crippen LogP contribution in [0.25, 0.3) is 0 Å². The molecule has 0 aliphatic carbocycles. The van der Waals surface area contributed by atoms with Crippen LogP contribution in [0.1, 0.15) is 33.2 Å². The second-order valence-corrected chi connectivity index (χ2v) is 5.44. The highest BCUT2D eigenvalue weighted by Gasteiger charge is 2.34. The van der Waals surface area contributed by atoms with Crippen LogP contribution in [-0.4, -0.2) is 24.7 Å². The van der Waals surface area contributed by atoms with Gasteiger partial charge in [-0.15, -0.1) is 0 Å². The quantitative estimate of drug-likeness (QED) is 0.838. The molecule has 134 valence electrons. The van der Waals surface area contributed by atoms with E-state index in [1.165, 1.54) is 25.3 Å². The van der Waals surface area contributed by atoms with Gasteiger partial charge in [-0.1, -0.05) is 30.3 Å². The van der Waals surface area contributed by atoms with Crippen molar-refractivity contribution in [1.29, 1.82) is 0 Å². The van der Waals surface area contributed by atoms with Crippen molar-refractivity contribution in [3.8, 4) is 0 Å². The summed E-state index contributed by atoms with van der Waals surface area (Å²) >= 11 is 0. The number of carbonyl (C=O) groups is 1. The van der Waals surface area contributed by atoms with E-state index in [2.05, 4.69) is 5.32 Å². The topological polar surface area (TPSA) is 58.6 Å². The minimum Gasteiger partial charge on any atom is -0.387 e. The number of hydrogen-bond donors (Lipinski definition) is 2. The van der Waals surface area contributed by atoms with Crippen molar-refractivity contribution in [1.82, 2.24) is 5.32 Å². The zero-order chi connectivity index (χ0) is 18.4. The van der Waals surface area contributed by atoms with Crippen LogP contribution in [-0.2, 0) is 17.5 Å². The first-order valence-electron chi connectivity index (χ1n) is 7.53. The molecule has 25 heavy (non-hydrogen) atoms. The molecule has 2 rings (SSSR count). The number of ether oxygens (including phenoxy) is 1. The van der Waals surface area contributed by atoms with E-state index < -0.39 is 23.8 Å². The van der Waals surface area contributed by atoms with E-state index in [0.717, 1.165) is 11.6 Å². The van der Waals surface area contributed by atoms with Gasteiger partial charge in [0.25, 0.3) is 5.91 Å². The lowest BCUT2D eigenvalue weighted by Crippen LogP contribution is -2.29. The Bertz CT molecular complexity index is 732. The molecule has 0 aromatic heterocycles. The normalized spacial score (nSPS) is 12.7. The Hall–Kier alpha value is -2.38. The van der Waals surface area contributed by atoms with Crippen LogP contribution in [0.4, 0.5) is 13.2 Å². The molecule has 0 bridgehead atoms. The van der Waals surface area contributed by atoms with Crippen LogP contribution >= 0.6 is 0 Å². The third-order valence-electron chi connectivity index (χ3n) is 3.58. The first kappa shape index (κ1) is 19.0. The van der Waals surface area contributed by atoms with Crippen LogP contribution in [0.2, 0.25) is 0 Å². The highest BCUT2D eigenvalue weighted by molar-refractivity contribution is 5.94. The monoisotopic (exact) mass is 353 g/mol. The summed E-state index contributed by atoms with van der Waals surface area (Å²) in [5, 5.41) is 12.5. The van der Waals surface area contributed by atoms with Gasteiger partial charge in [0.1, 0.15) is 0 Å². The molecule has 0 heterocycles. The molecular weight excluding hydrogens is 335 g/mol. The van der Waals surface area contributed by atoms with Crippen molar-refractivity contribution < 1.29 is 27.8 Å². The Morgan fingerprint density at radius 2 is 1.92 bits per heavy atom. The number of carbonyl (C=O) groups excluding carboxylic acids is 1. The van der Waals surface area contributed by atoms with Crippen molar-refractivity contribution in [3.63, 3.8) is 0 Å². The fourth-order valence-corrected chi connectivity index (χ4v) is 2.42. The molecule has 0 saturated carbocycles. The van der Waals surface area contributed by atoms with Crippen LogP contribution in [0.3, 0.4) is 0 Å². The van der Waals surface area contributed by atoms with Gasteiger partial charge in [-0.25, -0.2) is 0 Å². The number of halogens is 3. The maximum absolute atomic E-state index is 13.0. The minimum absolute atomic E-state index is 0.275. The molecule has 1 atom stereocenters. The predicted octanol–water partition coefficient (Wildman–Crippen LogP) is 3.32. The summed E-state index contributed by atoms with van der Waals surface area (Å²) in [6, 6.07) is 11.4. The molecule has 4 nitrogen and oxygen atoms in total. The molecule has 2 aromatic rings. The number of alkyl halides is 3. The Kier molecular flexibility index (Phi) is 6.17. The summed E-state index contributed by atoms with van der Waals surface area (Å²) in [7, 11) is 1.53. The molecule has 2 aromatic carbocycles. The maximum Gasteiger partial charge on any atom is 0.416 e. The Balaban J connectivity index is 2.06. The summed E-state index contributed by atoms with van der Waals surface area (Å²) in [4.78, 5) is 12.1. The van der Waals surface area contributed by atoms with E-state index in [-0.39, 0.29) is 12.1 Å². The molecule has 2 N–H and O–H groups in total. The number of amides is 1. The number of nitrogens with one attached hydrogen (secondary N) is 1. The number of aliphatic hydroxyl groups excluding tert-OH is 1. The summed E-state index contributed by atoms with van der Waals surface area (Å²) in [5.74, 6) is -0.485. The fourth-order valence-electron chi connectivity index (χ4n) is 2.42. The molecule has 0 unspecified atom stereocenters. The summed E-state index contributed by atoms with van der Waals surface area (Å²) in [5.41, 5.74) is -0.0637. The van der Waals surface area contributed by atoms with Gasteiger partial charge in [0.15, 0.2) is 0 Å². The van der Waals surface area contributed by atoms with Gasteiger partial charge in [0, 0.05) is 19.2 Å². The second kappa shape index (κ2) is 8.13. The van der Waals surface area contributed by atoms with Gasteiger partial charge in [0.05, 0.1) is 18.3 Å². The van der Waals surface area contributed by atoms with Gasteiger partial charge < -0.3 is 15.2 Å². The highest BCUT2D eigenvalue weighted by atomic mass is 19.4. The lowest BCUT2D eigenvalue weighted by Gasteiger charge is -2.18. The van der Waals surface area contributed by atoms with Gasteiger partial charge in [-0.05, 0) is 29.3 Å². The van der Waals surface area contributed by atoms with Crippen molar-refractivity contribution >= 4 is 5.91 Å². The lowest BCUT2D eigenvalue weighted by atomic mass is 10.0. The third-order valence-corrected chi connectivity index (χ3v) is 3.58. The first-order valence-corrected chi connectivity index (χ1v) is 7.53. The molecule has 0 aliphatic heterocycles. The summed E-state index contributed by atoms with van der Waals surface area (Å²) in [6.45, 7) is 0.00311. The number of aliphatic hydroxyl groups is 1. The van der Waals surface area contributed by atoms with Crippen molar-refractivity contribution in [3.05, 3.63) is 70.8 Å². The molecule has 0 fully saturated rings. The lowest BCUT2D eigenvalue weighted by molar-refractivity contribution is -0.139. The van der Waals surface area contributed by atoms with Crippen molar-refractivity contribution in [2.45, 2.75) is 18.9 Å². The maximum atomic E-state index is 13.0. The molecular formula is C18H18F3NO3. The van der Waals surface area contributed by atoms with Gasteiger partial charge >= 0.3 is 6.18 Å². The molecule has 7 heteroatoms. The SMILES string of the molecule is COCc1cccc(C(=O)NC[C@H](O)c2ccccc2C(F)(F)F)c1. The largest absolute Gasteiger partial charge is 0.416 e. The zero-order valence-electron chi connectivity index (χ0n) is 13.5. The van der Waals surface area contributed by atoms with Crippen LogP contribution in [0.15, 0.2) is 48.5 Å². The van der Waals surface area contributed by atoms with E-state index in [1.807, 2.05) is 0 Å². The second-order valence-electron chi connectivity index (χ2n) is 5.44. The average Bonchev–Trinajstić information content (AvgIpc) is 2.59. The highest BCUT2D eigenvalue weighted by Crippen LogP contribution is 2.34. The molecule has 1 amide bonds. The van der Waals surface area contributed by atoms with Gasteiger partial charge in [-0.2, -0.15) is 13.2 Å². The van der Waals surface area contributed by atoms with Crippen LogP contribution in [0, 0.1) is 0 Å². The predicted molar refractivity (Wildman–Crippen MR) is 85.9 cm³/mol. The van der Waals surface area contributed by atoms with E-state index >= 15 is 0 Å². The summed E-state index contributed by atoms with van der Waals surface area (Å²) in [6.07, 6.45) is -6.04. The van der Waals surface area contributed by atoms with Crippen LogP contribution in [0.5, 0.6) is 0 Å². The van der Waals surface area contributed by atoms with E-state index in [1.54, 1.807) is 24.3 Å². The Morgan fingerprint density at radius 3 is 2.60 bits per heavy atom. The van der Waals surface area contributed by atoms with E-state index in [0.29, 0.717) is 12.2 Å². The number of methoxy groups -OCH3 is 1. The van der Waals surface area contributed by atoms with Gasteiger partial charge in [-0.3, -0.25) is 4.79 Å². The zero-order valence-corrected chi connectivity index (χ0v) is 13.5. The van der Waals surface area contributed by atoms with Crippen molar-refractivity contribution in [2.75, 3.05) is 13.7 Å². The number of benzene rings is 2. The Labute approximate surface area is 143 Å². The van der Waals surface area contributed by atoms with E-state index in [4.69, 9.17) is 4.74 Å². The number of hydrogen-bond acceptors (Lipinski definition) is 3. The molecule has 0 saturated heterocycles. The average molecular weight is 353 g/mol. The van der Waals surface area contributed by atoms with Crippen molar-refractivity contribution in [2.24, 2.45) is 0 Å². The first-order chi connectivity index (χ1) is 11.8. The minimum atomic E-state index is -4.57. The standard InChI is InChI=1S/C18H18F3NO3/c1-25-11-12-5-4-6-13(9-12)17(24)22-10-16(23)14-7-2-3-8-15(14)18(19,20)21/h2-9,16,23H,10-11H2,1H3,(H,22,24)/t16-/m0/s1. The van der Waals surface area contributed by atoms with E-state index in [9.17, 15) is 23.1 Å². The number of rotatable bonds is 6. The third kappa shape index (κ3) is 5.04. The Morgan fingerprint density at radius 1 is 1.20 bits per heavy atom. The molecule has 0 aliphatic rings.